The zero-order valence-electron chi connectivity index (χ0n) is 9.06. The first-order chi connectivity index (χ1) is 6.44. The molecule has 0 saturated heterocycles. The fourth-order valence-electron chi connectivity index (χ4n) is 1.89. The lowest BCUT2D eigenvalue weighted by molar-refractivity contribution is -0.119. The standard InChI is InChI=1S/C12H15NO/c1-7-5-6-9-10(8(7)2)13-11(14)12(9,3)4/h5-6H,1-4H3,(H,13,14). The van der Waals surface area contributed by atoms with Crippen LogP contribution >= 0.6 is 0 Å². The van der Waals surface area contributed by atoms with Crippen LogP contribution in [0.15, 0.2) is 12.1 Å². The number of benzene rings is 1. The molecule has 0 spiro atoms. The van der Waals surface area contributed by atoms with Crippen molar-refractivity contribution in [3.05, 3.63) is 28.8 Å². The van der Waals surface area contributed by atoms with E-state index in [1.807, 2.05) is 13.8 Å². The van der Waals surface area contributed by atoms with E-state index in [1.54, 1.807) is 0 Å². The summed E-state index contributed by atoms with van der Waals surface area (Å²) in [6.07, 6.45) is 0. The highest BCUT2D eigenvalue weighted by Crippen LogP contribution is 2.39. The zero-order chi connectivity index (χ0) is 10.5. The molecule has 74 valence electrons. The van der Waals surface area contributed by atoms with Crippen LogP contribution in [0.2, 0.25) is 0 Å². The molecule has 14 heavy (non-hydrogen) atoms. The minimum absolute atomic E-state index is 0.0983. The lowest BCUT2D eigenvalue weighted by Gasteiger charge is -2.15. The van der Waals surface area contributed by atoms with E-state index < -0.39 is 0 Å². The number of aryl methyl sites for hydroxylation is 1. The van der Waals surface area contributed by atoms with Gasteiger partial charge < -0.3 is 5.32 Å². The van der Waals surface area contributed by atoms with E-state index in [1.165, 1.54) is 11.1 Å². The van der Waals surface area contributed by atoms with Crippen molar-refractivity contribution in [2.24, 2.45) is 0 Å². The SMILES string of the molecule is Cc1ccc2c(c1C)NC(=O)C2(C)C. The molecule has 1 aliphatic rings. The van der Waals surface area contributed by atoms with Gasteiger partial charge in [-0.2, -0.15) is 0 Å². The fourth-order valence-corrected chi connectivity index (χ4v) is 1.89. The van der Waals surface area contributed by atoms with Gasteiger partial charge in [0.25, 0.3) is 0 Å². The monoisotopic (exact) mass is 189 g/mol. The molecule has 0 fully saturated rings. The van der Waals surface area contributed by atoms with Crippen LogP contribution < -0.4 is 5.32 Å². The Bertz CT molecular complexity index is 419. The van der Waals surface area contributed by atoms with Crippen molar-refractivity contribution in [1.29, 1.82) is 0 Å². The van der Waals surface area contributed by atoms with Crippen molar-refractivity contribution in [2.45, 2.75) is 33.1 Å². The van der Waals surface area contributed by atoms with Gasteiger partial charge in [0.15, 0.2) is 0 Å². The Morgan fingerprint density at radius 1 is 1.21 bits per heavy atom. The summed E-state index contributed by atoms with van der Waals surface area (Å²) in [5, 5.41) is 2.96. The van der Waals surface area contributed by atoms with Crippen LogP contribution in [0.5, 0.6) is 0 Å². The van der Waals surface area contributed by atoms with Gasteiger partial charge in [0, 0.05) is 5.69 Å². The molecular formula is C12H15NO. The molecule has 2 nitrogen and oxygen atoms in total. The Morgan fingerprint density at radius 2 is 1.86 bits per heavy atom. The molecule has 0 bridgehead atoms. The minimum atomic E-state index is -0.381. The molecule has 0 aromatic heterocycles. The van der Waals surface area contributed by atoms with Gasteiger partial charge in [-0.1, -0.05) is 12.1 Å². The Hall–Kier alpha value is -1.31. The summed E-state index contributed by atoms with van der Waals surface area (Å²) < 4.78 is 0. The molecule has 0 atom stereocenters. The number of anilines is 1. The first-order valence-corrected chi connectivity index (χ1v) is 4.86. The first kappa shape index (κ1) is 9.25. The smallest absolute Gasteiger partial charge is 0.234 e. The molecular weight excluding hydrogens is 174 g/mol. The van der Waals surface area contributed by atoms with Crippen molar-refractivity contribution in [3.8, 4) is 0 Å². The average Bonchev–Trinajstić information content (AvgIpc) is 2.33. The van der Waals surface area contributed by atoms with Crippen LogP contribution in [0.1, 0.15) is 30.5 Å². The first-order valence-electron chi connectivity index (χ1n) is 4.86. The topological polar surface area (TPSA) is 29.1 Å². The van der Waals surface area contributed by atoms with Crippen molar-refractivity contribution in [3.63, 3.8) is 0 Å². The van der Waals surface area contributed by atoms with Gasteiger partial charge in [-0.05, 0) is 44.4 Å². The molecule has 2 rings (SSSR count). The lowest BCUT2D eigenvalue weighted by atomic mass is 9.85. The summed E-state index contributed by atoms with van der Waals surface area (Å²) in [7, 11) is 0. The Balaban J connectivity index is 2.70. The minimum Gasteiger partial charge on any atom is -0.325 e. The molecule has 0 saturated carbocycles. The number of rotatable bonds is 0. The van der Waals surface area contributed by atoms with Gasteiger partial charge in [0.05, 0.1) is 5.41 Å². The summed E-state index contributed by atoms with van der Waals surface area (Å²) in [6, 6.07) is 4.13. The van der Waals surface area contributed by atoms with Crippen LogP contribution in [-0.2, 0) is 10.2 Å². The Kier molecular flexibility index (Phi) is 1.71. The van der Waals surface area contributed by atoms with Gasteiger partial charge in [0.2, 0.25) is 5.91 Å². The number of carbonyl (C=O) groups is 1. The van der Waals surface area contributed by atoms with Gasteiger partial charge in [0.1, 0.15) is 0 Å². The van der Waals surface area contributed by atoms with E-state index >= 15 is 0 Å². The number of hydrogen-bond donors (Lipinski definition) is 1. The maximum absolute atomic E-state index is 11.7. The summed E-state index contributed by atoms with van der Waals surface area (Å²) in [5.74, 6) is 0.0983. The van der Waals surface area contributed by atoms with E-state index in [2.05, 4.69) is 31.3 Å². The largest absolute Gasteiger partial charge is 0.325 e. The Labute approximate surface area is 84.3 Å². The summed E-state index contributed by atoms with van der Waals surface area (Å²) >= 11 is 0. The third-order valence-electron chi connectivity index (χ3n) is 3.22. The third kappa shape index (κ3) is 0.999. The highest BCUT2D eigenvalue weighted by molar-refractivity contribution is 6.06. The maximum atomic E-state index is 11.7. The van der Waals surface area contributed by atoms with Crippen LogP contribution in [0.4, 0.5) is 5.69 Å². The number of nitrogens with one attached hydrogen (secondary N) is 1. The van der Waals surface area contributed by atoms with Gasteiger partial charge in [-0.3, -0.25) is 4.79 Å². The number of hydrogen-bond acceptors (Lipinski definition) is 1. The molecule has 1 N–H and O–H groups in total. The van der Waals surface area contributed by atoms with E-state index in [9.17, 15) is 4.79 Å². The zero-order valence-corrected chi connectivity index (χ0v) is 9.06. The maximum Gasteiger partial charge on any atom is 0.234 e. The molecule has 1 amide bonds. The van der Waals surface area contributed by atoms with Crippen LogP contribution in [0.3, 0.4) is 0 Å². The Morgan fingerprint density at radius 3 is 2.50 bits per heavy atom. The molecule has 0 unspecified atom stereocenters. The molecule has 1 aromatic rings. The number of amides is 1. The predicted octanol–water partition coefficient (Wildman–Crippen LogP) is 2.53. The highest BCUT2D eigenvalue weighted by Gasteiger charge is 2.38. The second-order valence-electron chi connectivity index (χ2n) is 4.51. The molecule has 0 aliphatic carbocycles. The van der Waals surface area contributed by atoms with Crippen molar-refractivity contribution in [1.82, 2.24) is 0 Å². The molecule has 2 heteroatoms. The van der Waals surface area contributed by atoms with Crippen molar-refractivity contribution in [2.75, 3.05) is 5.32 Å². The number of carbonyl (C=O) groups excluding carboxylic acids is 1. The quantitative estimate of drug-likeness (QED) is 0.667. The van der Waals surface area contributed by atoms with Crippen molar-refractivity contribution < 1.29 is 4.79 Å². The van der Waals surface area contributed by atoms with E-state index in [0.29, 0.717) is 0 Å². The average molecular weight is 189 g/mol. The van der Waals surface area contributed by atoms with E-state index in [0.717, 1.165) is 11.3 Å². The summed E-state index contributed by atoms with van der Waals surface area (Å²) in [5.41, 5.74) is 4.15. The van der Waals surface area contributed by atoms with Crippen LogP contribution in [0, 0.1) is 13.8 Å². The van der Waals surface area contributed by atoms with E-state index in [4.69, 9.17) is 0 Å². The normalized spacial score (nSPS) is 17.9. The second kappa shape index (κ2) is 2.59. The van der Waals surface area contributed by atoms with Crippen LogP contribution in [-0.4, -0.2) is 5.91 Å². The van der Waals surface area contributed by atoms with E-state index in [-0.39, 0.29) is 11.3 Å². The van der Waals surface area contributed by atoms with Crippen molar-refractivity contribution >= 4 is 11.6 Å². The predicted molar refractivity (Wildman–Crippen MR) is 57.6 cm³/mol. The molecule has 1 aliphatic heterocycles. The molecule has 1 aromatic carbocycles. The van der Waals surface area contributed by atoms with Crippen LogP contribution in [0.25, 0.3) is 0 Å². The number of fused-ring (bicyclic) bond motifs is 1. The lowest BCUT2D eigenvalue weighted by Crippen LogP contribution is -2.26. The van der Waals surface area contributed by atoms with Gasteiger partial charge >= 0.3 is 0 Å². The summed E-state index contributed by atoms with van der Waals surface area (Å²) in [6.45, 7) is 8.04. The highest BCUT2D eigenvalue weighted by atomic mass is 16.2. The second-order valence-corrected chi connectivity index (χ2v) is 4.51. The molecule has 0 radical (unpaired) electrons. The fraction of sp³-hybridized carbons (Fsp3) is 0.417. The van der Waals surface area contributed by atoms with Gasteiger partial charge in [-0.15, -0.1) is 0 Å². The third-order valence-corrected chi connectivity index (χ3v) is 3.22. The summed E-state index contributed by atoms with van der Waals surface area (Å²) in [4.78, 5) is 11.7. The molecule has 1 heterocycles. The van der Waals surface area contributed by atoms with Gasteiger partial charge in [-0.25, -0.2) is 0 Å².